The quantitative estimate of drug-likeness (QED) is 0.241. The van der Waals surface area contributed by atoms with Crippen molar-refractivity contribution < 1.29 is 19.2 Å². The Kier molecular flexibility index (Phi) is 6.53. The zero-order valence-electron chi connectivity index (χ0n) is 15.3. The molecule has 2 aromatic heterocycles. The highest BCUT2D eigenvalue weighted by molar-refractivity contribution is 7.16. The number of esters is 1. The fourth-order valence-corrected chi connectivity index (χ4v) is 4.21. The highest BCUT2D eigenvalue weighted by atomic mass is 32.1. The van der Waals surface area contributed by atoms with Gasteiger partial charge in [-0.05, 0) is 24.6 Å². The number of amides is 1. The van der Waals surface area contributed by atoms with Gasteiger partial charge in [-0.3, -0.25) is 14.9 Å². The van der Waals surface area contributed by atoms with Crippen molar-refractivity contribution >= 4 is 50.6 Å². The predicted molar refractivity (Wildman–Crippen MR) is 114 cm³/mol. The maximum absolute atomic E-state index is 12.5. The van der Waals surface area contributed by atoms with Crippen molar-refractivity contribution in [2.24, 2.45) is 0 Å². The molecule has 0 radical (unpaired) electrons. The third-order valence-corrected chi connectivity index (χ3v) is 5.68. The summed E-state index contributed by atoms with van der Waals surface area (Å²) in [5.41, 5.74) is 1.83. The number of carbonyl (C=O) groups is 2. The molecular formula is C20H16N2O5S2. The van der Waals surface area contributed by atoms with E-state index < -0.39 is 16.8 Å². The van der Waals surface area contributed by atoms with Crippen LogP contribution in [0.3, 0.4) is 0 Å². The number of hydrogen-bond acceptors (Lipinski definition) is 7. The summed E-state index contributed by atoms with van der Waals surface area (Å²) in [7, 11) is 0. The molecule has 0 fully saturated rings. The molecule has 3 aromatic rings. The lowest BCUT2D eigenvalue weighted by molar-refractivity contribution is -0.380. The topological polar surface area (TPSA) is 98.5 Å². The first-order chi connectivity index (χ1) is 14.0. The second-order valence-electron chi connectivity index (χ2n) is 5.70. The predicted octanol–water partition coefficient (Wildman–Crippen LogP) is 5.21. The van der Waals surface area contributed by atoms with Crippen molar-refractivity contribution in [3.8, 4) is 11.1 Å². The molecule has 0 bridgehead atoms. The van der Waals surface area contributed by atoms with Crippen LogP contribution in [0.2, 0.25) is 0 Å². The molecule has 2 heterocycles. The van der Waals surface area contributed by atoms with E-state index in [4.69, 9.17) is 4.74 Å². The minimum absolute atomic E-state index is 0.000384. The van der Waals surface area contributed by atoms with Gasteiger partial charge < -0.3 is 10.1 Å². The van der Waals surface area contributed by atoms with Gasteiger partial charge in [0.05, 0.1) is 11.5 Å². The highest BCUT2D eigenvalue weighted by Crippen LogP contribution is 2.36. The first-order valence-corrected chi connectivity index (χ1v) is 10.3. The number of anilines is 1. The Morgan fingerprint density at radius 1 is 1.21 bits per heavy atom. The Hall–Kier alpha value is -3.30. The highest BCUT2D eigenvalue weighted by Gasteiger charge is 2.22. The maximum atomic E-state index is 12.5. The standard InChI is InChI=1S/C20H16N2O5S2/c1-2-27-20(24)18-15(13-6-4-3-5-7-13)12-28-19(18)21-16(23)10-8-14-9-11-17(29-14)22(25)26/h3-12H,2H2,1H3,(H,21,23)/b10-8+. The van der Waals surface area contributed by atoms with Gasteiger partial charge in [0.25, 0.3) is 0 Å². The number of nitrogens with zero attached hydrogens (tertiary/aromatic N) is 1. The van der Waals surface area contributed by atoms with Crippen LogP contribution in [-0.2, 0) is 9.53 Å². The average molecular weight is 428 g/mol. The van der Waals surface area contributed by atoms with Crippen LogP contribution in [0.4, 0.5) is 10.0 Å². The largest absolute Gasteiger partial charge is 0.462 e. The van der Waals surface area contributed by atoms with E-state index in [9.17, 15) is 19.7 Å². The molecule has 0 aliphatic heterocycles. The van der Waals surface area contributed by atoms with Crippen LogP contribution in [0.5, 0.6) is 0 Å². The number of carbonyl (C=O) groups excluding carboxylic acids is 2. The summed E-state index contributed by atoms with van der Waals surface area (Å²) >= 11 is 2.20. The molecule has 1 amide bonds. The van der Waals surface area contributed by atoms with E-state index in [0.717, 1.165) is 16.9 Å². The van der Waals surface area contributed by atoms with E-state index in [-0.39, 0.29) is 11.6 Å². The molecule has 0 saturated carbocycles. The van der Waals surface area contributed by atoms with Crippen molar-refractivity contribution in [1.29, 1.82) is 0 Å². The maximum Gasteiger partial charge on any atom is 0.341 e. The third-order valence-electron chi connectivity index (χ3n) is 3.78. The number of nitro groups is 1. The summed E-state index contributed by atoms with van der Waals surface area (Å²) in [4.78, 5) is 35.7. The molecule has 0 aliphatic rings. The number of nitrogens with one attached hydrogen (secondary N) is 1. The summed E-state index contributed by atoms with van der Waals surface area (Å²) in [5.74, 6) is -0.964. The smallest absolute Gasteiger partial charge is 0.341 e. The number of rotatable bonds is 7. The summed E-state index contributed by atoms with van der Waals surface area (Å²) < 4.78 is 5.16. The number of ether oxygens (including phenoxy) is 1. The van der Waals surface area contributed by atoms with Gasteiger partial charge in [0.2, 0.25) is 5.91 Å². The summed E-state index contributed by atoms with van der Waals surface area (Å²) in [6.07, 6.45) is 2.76. The van der Waals surface area contributed by atoms with Crippen LogP contribution in [0.25, 0.3) is 17.2 Å². The van der Waals surface area contributed by atoms with Crippen molar-refractivity contribution in [2.45, 2.75) is 6.92 Å². The molecule has 1 aromatic carbocycles. The van der Waals surface area contributed by atoms with E-state index in [1.54, 1.807) is 18.4 Å². The van der Waals surface area contributed by atoms with E-state index in [2.05, 4.69) is 5.32 Å². The summed E-state index contributed by atoms with van der Waals surface area (Å²) in [5, 5.41) is 15.6. The first-order valence-electron chi connectivity index (χ1n) is 8.57. The van der Waals surface area contributed by atoms with E-state index >= 15 is 0 Å². The Bertz CT molecular complexity index is 1070. The van der Waals surface area contributed by atoms with Gasteiger partial charge in [0, 0.05) is 28.0 Å². The lowest BCUT2D eigenvalue weighted by Crippen LogP contribution is -2.12. The van der Waals surface area contributed by atoms with Crippen LogP contribution >= 0.6 is 22.7 Å². The molecule has 0 atom stereocenters. The van der Waals surface area contributed by atoms with Crippen LogP contribution < -0.4 is 5.32 Å². The van der Waals surface area contributed by atoms with E-state index in [1.165, 1.54) is 29.6 Å². The Balaban J connectivity index is 1.83. The molecule has 0 unspecified atom stereocenters. The normalized spacial score (nSPS) is 10.8. The van der Waals surface area contributed by atoms with Crippen LogP contribution in [-0.4, -0.2) is 23.4 Å². The fourth-order valence-electron chi connectivity index (χ4n) is 2.53. The second kappa shape index (κ2) is 9.26. The zero-order chi connectivity index (χ0) is 20.8. The molecule has 0 spiro atoms. The van der Waals surface area contributed by atoms with Crippen molar-refractivity contribution in [2.75, 3.05) is 11.9 Å². The molecule has 9 heteroatoms. The molecule has 0 aliphatic carbocycles. The molecule has 3 rings (SSSR count). The lowest BCUT2D eigenvalue weighted by Gasteiger charge is -2.07. The molecule has 29 heavy (non-hydrogen) atoms. The summed E-state index contributed by atoms with van der Waals surface area (Å²) in [6, 6.07) is 12.3. The van der Waals surface area contributed by atoms with E-state index in [0.29, 0.717) is 21.0 Å². The van der Waals surface area contributed by atoms with Crippen LogP contribution in [0.15, 0.2) is 53.9 Å². The van der Waals surface area contributed by atoms with Crippen molar-refractivity contribution in [3.63, 3.8) is 0 Å². The Morgan fingerprint density at radius 3 is 2.62 bits per heavy atom. The SMILES string of the molecule is CCOC(=O)c1c(-c2ccccc2)csc1NC(=O)/C=C/c1ccc([N+](=O)[O-])s1. The number of hydrogen-bond donors (Lipinski definition) is 1. The van der Waals surface area contributed by atoms with Gasteiger partial charge in [-0.15, -0.1) is 11.3 Å². The zero-order valence-corrected chi connectivity index (χ0v) is 16.9. The first kappa shape index (κ1) is 20.4. The van der Waals surface area contributed by atoms with Gasteiger partial charge in [0.15, 0.2) is 0 Å². The molecule has 1 N–H and O–H groups in total. The Morgan fingerprint density at radius 2 is 1.97 bits per heavy atom. The van der Waals surface area contributed by atoms with E-state index in [1.807, 2.05) is 30.3 Å². The minimum Gasteiger partial charge on any atom is -0.462 e. The van der Waals surface area contributed by atoms with Gasteiger partial charge in [-0.2, -0.15) is 0 Å². The van der Waals surface area contributed by atoms with Gasteiger partial charge in [-0.25, -0.2) is 4.79 Å². The van der Waals surface area contributed by atoms with Crippen molar-refractivity contribution in [1.82, 2.24) is 0 Å². The third kappa shape index (κ3) is 4.95. The van der Waals surface area contributed by atoms with Gasteiger partial charge >= 0.3 is 11.0 Å². The van der Waals surface area contributed by atoms with Gasteiger partial charge in [0.1, 0.15) is 10.6 Å². The summed E-state index contributed by atoms with van der Waals surface area (Å²) in [6.45, 7) is 1.93. The average Bonchev–Trinajstić information content (AvgIpc) is 3.34. The van der Waals surface area contributed by atoms with Crippen molar-refractivity contribution in [3.05, 3.63) is 74.5 Å². The number of thiophene rings is 2. The molecule has 7 nitrogen and oxygen atoms in total. The molecular weight excluding hydrogens is 412 g/mol. The van der Waals surface area contributed by atoms with Crippen LogP contribution in [0.1, 0.15) is 22.2 Å². The Labute approximate surface area is 174 Å². The van der Waals surface area contributed by atoms with Gasteiger partial charge in [-0.1, -0.05) is 41.7 Å². The molecule has 0 saturated heterocycles. The van der Waals surface area contributed by atoms with Crippen LogP contribution in [0, 0.1) is 10.1 Å². The number of benzene rings is 1. The fraction of sp³-hybridized carbons (Fsp3) is 0.100. The molecule has 148 valence electrons. The second-order valence-corrected chi connectivity index (χ2v) is 7.67. The minimum atomic E-state index is -0.513. The lowest BCUT2D eigenvalue weighted by atomic mass is 10.0. The monoisotopic (exact) mass is 428 g/mol.